The molecule has 1 heterocycles. The van der Waals surface area contributed by atoms with E-state index in [1.54, 1.807) is 7.11 Å². The third-order valence-corrected chi connectivity index (χ3v) is 2.91. The summed E-state index contributed by atoms with van der Waals surface area (Å²) >= 11 is 0. The van der Waals surface area contributed by atoms with Crippen LogP contribution >= 0.6 is 0 Å². The monoisotopic (exact) mass is 245 g/mol. The van der Waals surface area contributed by atoms with Crippen molar-refractivity contribution >= 4 is 0 Å². The summed E-state index contributed by atoms with van der Waals surface area (Å²) in [6.45, 7) is 3.59. The molecule has 0 spiro atoms. The Morgan fingerprint density at radius 2 is 2.06 bits per heavy atom. The summed E-state index contributed by atoms with van der Waals surface area (Å²) in [5, 5.41) is 7.73. The number of para-hydroxylation sites is 1. The molecule has 1 aromatic carbocycles. The SMILES string of the molecule is COc1ccccc1CNCc1cc(C)nn1C. The van der Waals surface area contributed by atoms with Gasteiger partial charge in [-0.15, -0.1) is 0 Å². The number of nitrogens with zero attached hydrogens (tertiary/aromatic N) is 2. The van der Waals surface area contributed by atoms with E-state index in [4.69, 9.17) is 4.74 Å². The van der Waals surface area contributed by atoms with Crippen LogP contribution in [-0.4, -0.2) is 16.9 Å². The molecule has 2 aromatic rings. The van der Waals surface area contributed by atoms with E-state index >= 15 is 0 Å². The van der Waals surface area contributed by atoms with Gasteiger partial charge >= 0.3 is 0 Å². The third kappa shape index (κ3) is 2.90. The number of aryl methyl sites for hydroxylation is 2. The van der Waals surface area contributed by atoms with Crippen molar-refractivity contribution in [3.8, 4) is 5.75 Å². The summed E-state index contributed by atoms with van der Waals surface area (Å²) < 4.78 is 7.23. The summed E-state index contributed by atoms with van der Waals surface area (Å²) in [5.41, 5.74) is 3.40. The number of benzene rings is 1. The van der Waals surface area contributed by atoms with Crippen molar-refractivity contribution < 1.29 is 4.74 Å². The Labute approximate surface area is 108 Å². The fraction of sp³-hybridized carbons (Fsp3) is 0.357. The number of methoxy groups -OCH3 is 1. The lowest BCUT2D eigenvalue weighted by atomic mass is 10.2. The van der Waals surface area contributed by atoms with Crippen molar-refractivity contribution in [2.75, 3.05) is 7.11 Å². The maximum absolute atomic E-state index is 5.32. The van der Waals surface area contributed by atoms with Gasteiger partial charge in [-0.1, -0.05) is 18.2 Å². The van der Waals surface area contributed by atoms with E-state index in [9.17, 15) is 0 Å². The molecular weight excluding hydrogens is 226 g/mol. The van der Waals surface area contributed by atoms with Crippen LogP contribution in [0, 0.1) is 6.92 Å². The van der Waals surface area contributed by atoms with Crippen molar-refractivity contribution in [3.63, 3.8) is 0 Å². The Kier molecular flexibility index (Phi) is 3.99. The minimum absolute atomic E-state index is 0.786. The van der Waals surface area contributed by atoms with Gasteiger partial charge in [-0.3, -0.25) is 4.68 Å². The maximum Gasteiger partial charge on any atom is 0.123 e. The molecule has 1 N–H and O–H groups in total. The van der Waals surface area contributed by atoms with Crippen LogP contribution in [0.25, 0.3) is 0 Å². The van der Waals surface area contributed by atoms with Crippen LogP contribution in [0.5, 0.6) is 5.75 Å². The van der Waals surface area contributed by atoms with Gasteiger partial charge in [0.1, 0.15) is 5.75 Å². The third-order valence-electron chi connectivity index (χ3n) is 2.91. The molecule has 0 unspecified atom stereocenters. The van der Waals surface area contributed by atoms with E-state index in [2.05, 4.69) is 22.5 Å². The van der Waals surface area contributed by atoms with E-state index in [0.29, 0.717) is 0 Å². The molecule has 2 rings (SSSR count). The van der Waals surface area contributed by atoms with E-state index in [-0.39, 0.29) is 0 Å². The first-order valence-corrected chi connectivity index (χ1v) is 6.03. The fourth-order valence-corrected chi connectivity index (χ4v) is 2.00. The van der Waals surface area contributed by atoms with Crippen LogP contribution in [0.1, 0.15) is 17.0 Å². The molecule has 0 aliphatic heterocycles. The number of hydrogen-bond acceptors (Lipinski definition) is 3. The van der Waals surface area contributed by atoms with Crippen LogP contribution in [-0.2, 0) is 20.1 Å². The highest BCUT2D eigenvalue weighted by Crippen LogP contribution is 2.16. The quantitative estimate of drug-likeness (QED) is 0.876. The van der Waals surface area contributed by atoms with E-state index in [0.717, 1.165) is 24.5 Å². The predicted molar refractivity (Wildman–Crippen MR) is 71.5 cm³/mol. The first kappa shape index (κ1) is 12.6. The fourth-order valence-electron chi connectivity index (χ4n) is 2.00. The van der Waals surface area contributed by atoms with Gasteiger partial charge in [0.2, 0.25) is 0 Å². The topological polar surface area (TPSA) is 39.1 Å². The molecule has 4 heteroatoms. The Bertz CT molecular complexity index is 520. The molecule has 4 nitrogen and oxygen atoms in total. The lowest BCUT2D eigenvalue weighted by molar-refractivity contribution is 0.407. The lowest BCUT2D eigenvalue weighted by Gasteiger charge is -2.09. The zero-order valence-corrected chi connectivity index (χ0v) is 11.1. The Morgan fingerprint density at radius 1 is 1.28 bits per heavy atom. The Morgan fingerprint density at radius 3 is 2.72 bits per heavy atom. The van der Waals surface area contributed by atoms with Gasteiger partial charge in [0, 0.05) is 25.7 Å². The molecule has 18 heavy (non-hydrogen) atoms. The van der Waals surface area contributed by atoms with Crippen molar-refractivity contribution in [2.45, 2.75) is 20.0 Å². The molecule has 0 aliphatic rings. The van der Waals surface area contributed by atoms with Crippen LogP contribution in [0.4, 0.5) is 0 Å². The van der Waals surface area contributed by atoms with Crippen LogP contribution in [0.3, 0.4) is 0 Å². The van der Waals surface area contributed by atoms with Gasteiger partial charge in [0.25, 0.3) is 0 Å². The number of aromatic nitrogens is 2. The van der Waals surface area contributed by atoms with Gasteiger partial charge < -0.3 is 10.1 Å². The zero-order chi connectivity index (χ0) is 13.0. The van der Waals surface area contributed by atoms with E-state index in [1.807, 2.05) is 36.9 Å². The molecule has 0 radical (unpaired) electrons. The number of rotatable bonds is 5. The van der Waals surface area contributed by atoms with Gasteiger partial charge in [0.15, 0.2) is 0 Å². The highest BCUT2D eigenvalue weighted by Gasteiger charge is 2.03. The minimum atomic E-state index is 0.786. The summed E-state index contributed by atoms with van der Waals surface area (Å²) in [7, 11) is 3.66. The van der Waals surface area contributed by atoms with E-state index in [1.165, 1.54) is 11.3 Å². The van der Waals surface area contributed by atoms with Gasteiger partial charge in [-0.25, -0.2) is 0 Å². The molecule has 0 atom stereocenters. The van der Waals surface area contributed by atoms with Crippen molar-refractivity contribution in [3.05, 3.63) is 47.3 Å². The first-order valence-electron chi connectivity index (χ1n) is 6.03. The standard InChI is InChI=1S/C14H19N3O/c1-11-8-13(17(2)16-11)10-15-9-12-6-4-5-7-14(12)18-3/h4-8,15H,9-10H2,1-3H3. The number of ether oxygens (including phenoxy) is 1. The molecule has 0 amide bonds. The van der Waals surface area contributed by atoms with E-state index < -0.39 is 0 Å². The molecule has 0 saturated carbocycles. The predicted octanol–water partition coefficient (Wildman–Crippen LogP) is 2.03. The van der Waals surface area contributed by atoms with Crippen LogP contribution < -0.4 is 10.1 Å². The molecule has 0 bridgehead atoms. The smallest absolute Gasteiger partial charge is 0.123 e. The average Bonchev–Trinajstić information content (AvgIpc) is 2.68. The van der Waals surface area contributed by atoms with Crippen LogP contribution in [0.15, 0.2) is 30.3 Å². The van der Waals surface area contributed by atoms with Gasteiger partial charge in [-0.05, 0) is 19.1 Å². The van der Waals surface area contributed by atoms with Gasteiger partial charge in [-0.2, -0.15) is 5.10 Å². The van der Waals surface area contributed by atoms with Crippen molar-refractivity contribution in [1.82, 2.24) is 15.1 Å². The zero-order valence-electron chi connectivity index (χ0n) is 11.1. The molecule has 0 fully saturated rings. The molecular formula is C14H19N3O. The Balaban J connectivity index is 1.94. The van der Waals surface area contributed by atoms with Crippen molar-refractivity contribution in [1.29, 1.82) is 0 Å². The maximum atomic E-state index is 5.32. The highest BCUT2D eigenvalue weighted by molar-refractivity contribution is 5.33. The second-order valence-electron chi connectivity index (χ2n) is 4.32. The number of nitrogens with one attached hydrogen (secondary N) is 1. The highest BCUT2D eigenvalue weighted by atomic mass is 16.5. The Hall–Kier alpha value is -1.81. The summed E-state index contributed by atoms with van der Waals surface area (Å²) in [4.78, 5) is 0. The summed E-state index contributed by atoms with van der Waals surface area (Å²) in [6, 6.07) is 10.1. The first-order chi connectivity index (χ1) is 8.70. The summed E-state index contributed by atoms with van der Waals surface area (Å²) in [5.74, 6) is 0.922. The normalized spacial score (nSPS) is 10.6. The lowest BCUT2D eigenvalue weighted by Crippen LogP contribution is -2.15. The second kappa shape index (κ2) is 5.69. The van der Waals surface area contributed by atoms with Crippen LogP contribution in [0.2, 0.25) is 0 Å². The minimum Gasteiger partial charge on any atom is -0.496 e. The molecule has 96 valence electrons. The number of hydrogen-bond donors (Lipinski definition) is 1. The summed E-state index contributed by atoms with van der Waals surface area (Å²) in [6.07, 6.45) is 0. The van der Waals surface area contributed by atoms with Gasteiger partial charge in [0.05, 0.1) is 18.5 Å². The molecule has 1 aromatic heterocycles. The molecule has 0 aliphatic carbocycles. The molecule has 0 saturated heterocycles. The average molecular weight is 245 g/mol. The second-order valence-corrected chi connectivity index (χ2v) is 4.32. The van der Waals surface area contributed by atoms with Crippen molar-refractivity contribution in [2.24, 2.45) is 7.05 Å². The largest absolute Gasteiger partial charge is 0.496 e.